The van der Waals surface area contributed by atoms with E-state index in [2.05, 4.69) is 26.9 Å². The number of terminal acetylenes is 1. The summed E-state index contributed by atoms with van der Waals surface area (Å²) in [6.07, 6.45) is 8.69. The summed E-state index contributed by atoms with van der Waals surface area (Å²) < 4.78 is 4.78. The molecule has 1 aromatic rings. The summed E-state index contributed by atoms with van der Waals surface area (Å²) in [5, 5.41) is 8.19. The Morgan fingerprint density at radius 2 is 2.07 bits per heavy atom. The molecule has 0 saturated carbocycles. The van der Waals surface area contributed by atoms with Gasteiger partial charge in [-0.25, -0.2) is 4.98 Å². The maximum Gasteiger partial charge on any atom is 0.308 e. The van der Waals surface area contributed by atoms with Crippen LogP contribution in [0.1, 0.15) is 32.6 Å². The Balaban J connectivity index is 2.13. The Bertz CT molecular complexity index is 643. The molecule has 0 bridgehead atoms. The van der Waals surface area contributed by atoms with Crippen LogP contribution in [0.4, 0.5) is 5.82 Å². The fraction of sp³-hybridized carbons (Fsp3) is 0.474. The van der Waals surface area contributed by atoms with Crippen LogP contribution in [-0.2, 0) is 19.1 Å². The predicted octanol–water partition coefficient (Wildman–Crippen LogP) is 0.851. The molecule has 0 aliphatic carbocycles. The number of nitrogens with zero attached hydrogens (tertiary/aromatic N) is 1. The van der Waals surface area contributed by atoms with Crippen molar-refractivity contribution in [2.75, 3.05) is 25.0 Å². The number of carbonyl (C=O) groups is 3. The maximum absolute atomic E-state index is 11.8. The van der Waals surface area contributed by atoms with Crippen molar-refractivity contribution in [3.05, 3.63) is 24.4 Å². The Labute approximate surface area is 159 Å². The van der Waals surface area contributed by atoms with Crippen molar-refractivity contribution in [3.8, 4) is 12.3 Å². The normalized spacial score (nSPS) is 11.0. The number of carbonyl (C=O) groups excluding carboxylic acids is 3. The van der Waals surface area contributed by atoms with E-state index >= 15 is 0 Å². The highest BCUT2D eigenvalue weighted by Gasteiger charge is 2.15. The Morgan fingerprint density at radius 3 is 2.74 bits per heavy atom. The molecule has 1 unspecified atom stereocenters. The smallest absolute Gasteiger partial charge is 0.308 e. The first-order valence-corrected chi connectivity index (χ1v) is 8.87. The maximum atomic E-state index is 11.8. The lowest BCUT2D eigenvalue weighted by molar-refractivity contribution is -0.143. The number of aromatic nitrogens is 1. The first-order chi connectivity index (χ1) is 13.0. The van der Waals surface area contributed by atoms with Gasteiger partial charge in [0.05, 0.1) is 19.6 Å². The highest BCUT2D eigenvalue weighted by molar-refractivity contribution is 5.85. The van der Waals surface area contributed by atoms with E-state index in [0.29, 0.717) is 19.4 Å². The average Bonchev–Trinajstić information content (AvgIpc) is 2.66. The summed E-state index contributed by atoms with van der Waals surface area (Å²) in [7, 11) is 0. The molecule has 2 amide bonds. The molecule has 0 radical (unpaired) electrons. The summed E-state index contributed by atoms with van der Waals surface area (Å²) in [6, 6.07) is 4.85. The molecule has 1 rings (SSSR count). The summed E-state index contributed by atoms with van der Waals surface area (Å²) >= 11 is 0. The number of rotatable bonds is 12. The van der Waals surface area contributed by atoms with Crippen molar-refractivity contribution < 1.29 is 19.1 Å². The highest BCUT2D eigenvalue weighted by atomic mass is 16.5. The lowest BCUT2D eigenvalue weighted by atomic mass is 10.2. The number of amides is 2. The molecule has 1 atom stereocenters. The SMILES string of the molecule is C#CC(CC(=O)OCC)NC(=O)CNC(=O)CCCCNc1ccccn1. The van der Waals surface area contributed by atoms with E-state index in [1.165, 1.54) is 0 Å². The van der Waals surface area contributed by atoms with Gasteiger partial charge in [-0.15, -0.1) is 6.42 Å². The minimum Gasteiger partial charge on any atom is -0.466 e. The van der Waals surface area contributed by atoms with Gasteiger partial charge in [-0.3, -0.25) is 14.4 Å². The number of hydrogen-bond donors (Lipinski definition) is 3. The number of pyridine rings is 1. The van der Waals surface area contributed by atoms with Gasteiger partial charge < -0.3 is 20.7 Å². The minimum atomic E-state index is -0.758. The Morgan fingerprint density at radius 1 is 1.26 bits per heavy atom. The van der Waals surface area contributed by atoms with Crippen LogP contribution in [0, 0.1) is 12.3 Å². The molecule has 8 nitrogen and oxygen atoms in total. The fourth-order valence-corrected chi connectivity index (χ4v) is 2.15. The van der Waals surface area contributed by atoms with Gasteiger partial charge in [-0.05, 0) is 31.9 Å². The number of anilines is 1. The highest BCUT2D eigenvalue weighted by Crippen LogP contribution is 2.01. The standard InChI is InChI=1S/C19H26N4O4/c1-3-15(13-19(26)27-4-2)23-18(25)14-22-17(24)10-6-8-12-21-16-9-5-7-11-20-16/h1,5,7,9,11,15H,4,6,8,10,12-14H2,2H3,(H,20,21)(H,22,24)(H,23,25). The molecule has 8 heteroatoms. The molecule has 0 aromatic carbocycles. The largest absolute Gasteiger partial charge is 0.466 e. The summed E-state index contributed by atoms with van der Waals surface area (Å²) in [5.74, 6) is 1.96. The molecule has 0 aliphatic rings. The zero-order valence-electron chi connectivity index (χ0n) is 15.5. The van der Waals surface area contributed by atoms with Crippen LogP contribution in [-0.4, -0.2) is 48.5 Å². The predicted molar refractivity (Wildman–Crippen MR) is 102 cm³/mol. The summed E-state index contributed by atoms with van der Waals surface area (Å²) in [5.41, 5.74) is 0. The van der Waals surface area contributed by atoms with Crippen LogP contribution in [0.2, 0.25) is 0 Å². The first kappa shape index (κ1) is 22.0. The van der Waals surface area contributed by atoms with E-state index in [1.54, 1.807) is 13.1 Å². The minimum absolute atomic E-state index is 0.104. The topological polar surface area (TPSA) is 109 Å². The van der Waals surface area contributed by atoms with Crippen molar-refractivity contribution >= 4 is 23.6 Å². The lowest BCUT2D eigenvalue weighted by Gasteiger charge is -2.13. The number of ether oxygens (including phenoxy) is 1. The zero-order valence-corrected chi connectivity index (χ0v) is 15.5. The van der Waals surface area contributed by atoms with Gasteiger partial charge in [0, 0.05) is 19.2 Å². The number of esters is 1. The van der Waals surface area contributed by atoms with Gasteiger partial charge in [0.1, 0.15) is 11.9 Å². The van der Waals surface area contributed by atoms with Crippen molar-refractivity contribution in [3.63, 3.8) is 0 Å². The van der Waals surface area contributed by atoms with Crippen molar-refractivity contribution in [2.24, 2.45) is 0 Å². The van der Waals surface area contributed by atoms with E-state index in [-0.39, 0.29) is 25.5 Å². The number of hydrogen-bond acceptors (Lipinski definition) is 6. The molecule has 0 fully saturated rings. The number of nitrogens with one attached hydrogen (secondary N) is 3. The second-order valence-electron chi connectivity index (χ2n) is 5.67. The third kappa shape index (κ3) is 10.5. The van der Waals surface area contributed by atoms with E-state index in [0.717, 1.165) is 12.2 Å². The third-order valence-corrected chi connectivity index (χ3v) is 3.46. The van der Waals surface area contributed by atoms with Crippen LogP contribution in [0.5, 0.6) is 0 Å². The Hall–Kier alpha value is -3.08. The van der Waals surface area contributed by atoms with E-state index in [4.69, 9.17) is 11.2 Å². The summed E-state index contributed by atoms with van der Waals surface area (Å²) in [4.78, 5) is 39.1. The average molecular weight is 374 g/mol. The van der Waals surface area contributed by atoms with E-state index in [9.17, 15) is 14.4 Å². The monoisotopic (exact) mass is 374 g/mol. The van der Waals surface area contributed by atoms with Crippen LogP contribution in [0.3, 0.4) is 0 Å². The second kappa shape index (κ2) is 13.2. The van der Waals surface area contributed by atoms with Crippen molar-refractivity contribution in [1.29, 1.82) is 0 Å². The third-order valence-electron chi connectivity index (χ3n) is 3.46. The van der Waals surface area contributed by atoms with E-state index in [1.807, 2.05) is 18.2 Å². The van der Waals surface area contributed by atoms with Crippen LogP contribution >= 0.6 is 0 Å². The van der Waals surface area contributed by atoms with Gasteiger partial charge in [-0.2, -0.15) is 0 Å². The number of unbranched alkanes of at least 4 members (excludes halogenated alkanes) is 1. The molecule has 0 saturated heterocycles. The fourth-order valence-electron chi connectivity index (χ4n) is 2.15. The molecule has 27 heavy (non-hydrogen) atoms. The molecule has 1 heterocycles. The first-order valence-electron chi connectivity index (χ1n) is 8.87. The van der Waals surface area contributed by atoms with Gasteiger partial charge in [0.25, 0.3) is 0 Å². The molecule has 0 aliphatic heterocycles. The second-order valence-corrected chi connectivity index (χ2v) is 5.67. The lowest BCUT2D eigenvalue weighted by Crippen LogP contribution is -2.42. The van der Waals surface area contributed by atoms with Crippen LogP contribution < -0.4 is 16.0 Å². The van der Waals surface area contributed by atoms with E-state index < -0.39 is 17.9 Å². The van der Waals surface area contributed by atoms with Gasteiger partial charge >= 0.3 is 5.97 Å². The molecule has 0 spiro atoms. The van der Waals surface area contributed by atoms with Gasteiger partial charge in [0.15, 0.2) is 0 Å². The molecule has 146 valence electrons. The quantitative estimate of drug-likeness (QED) is 0.284. The molecular weight excluding hydrogens is 348 g/mol. The molecule has 3 N–H and O–H groups in total. The summed E-state index contributed by atoms with van der Waals surface area (Å²) in [6.45, 7) is 2.46. The molecular formula is C19H26N4O4. The van der Waals surface area contributed by atoms with Crippen molar-refractivity contribution in [1.82, 2.24) is 15.6 Å². The van der Waals surface area contributed by atoms with Crippen LogP contribution in [0.25, 0.3) is 0 Å². The zero-order chi connectivity index (χ0) is 19.9. The van der Waals surface area contributed by atoms with Gasteiger partial charge in [-0.1, -0.05) is 12.0 Å². The van der Waals surface area contributed by atoms with Crippen LogP contribution in [0.15, 0.2) is 24.4 Å². The Kier molecular flexibility index (Phi) is 10.7. The molecule has 1 aromatic heterocycles. The van der Waals surface area contributed by atoms with Gasteiger partial charge in [0.2, 0.25) is 11.8 Å². The van der Waals surface area contributed by atoms with Crippen molar-refractivity contribution in [2.45, 2.75) is 38.6 Å².